The molecular formula is C12H18FNO2. The largest absolute Gasteiger partial charge is 0.493 e. The van der Waals surface area contributed by atoms with Gasteiger partial charge in [0.1, 0.15) is 6.67 Å². The molecule has 0 bridgehead atoms. The molecule has 0 atom stereocenters. The van der Waals surface area contributed by atoms with E-state index in [9.17, 15) is 4.39 Å². The molecule has 0 aromatic heterocycles. The fraction of sp³-hybridized carbons (Fsp3) is 0.500. The highest BCUT2D eigenvalue weighted by Gasteiger charge is 2.11. The summed E-state index contributed by atoms with van der Waals surface area (Å²) in [5.74, 6) is 1.25. The first kappa shape index (κ1) is 12.8. The molecule has 0 aliphatic heterocycles. The fourth-order valence-corrected chi connectivity index (χ4v) is 1.66. The van der Waals surface area contributed by atoms with Crippen molar-refractivity contribution in [3.8, 4) is 11.5 Å². The van der Waals surface area contributed by atoms with Gasteiger partial charge in [0.15, 0.2) is 11.5 Å². The Hall–Kier alpha value is -1.29. The first-order valence-corrected chi connectivity index (χ1v) is 5.26. The van der Waals surface area contributed by atoms with E-state index >= 15 is 0 Å². The molecule has 0 saturated carbocycles. The Morgan fingerprint density at radius 3 is 2.50 bits per heavy atom. The Bertz CT molecular complexity index is 342. The molecule has 16 heavy (non-hydrogen) atoms. The summed E-state index contributed by atoms with van der Waals surface area (Å²) in [6, 6.07) is 3.46. The third-order valence-corrected chi connectivity index (χ3v) is 2.42. The SMILES string of the molecule is COc1cc(CF)cc(CCCN)c1OC. The normalized spacial score (nSPS) is 10.2. The lowest BCUT2D eigenvalue weighted by molar-refractivity contribution is 0.350. The lowest BCUT2D eigenvalue weighted by Crippen LogP contribution is -2.03. The topological polar surface area (TPSA) is 44.5 Å². The number of halogens is 1. The van der Waals surface area contributed by atoms with Crippen molar-refractivity contribution in [1.29, 1.82) is 0 Å². The standard InChI is InChI=1S/C12H18FNO2/c1-15-11-7-9(8-13)6-10(4-3-5-14)12(11)16-2/h6-7H,3-5,8,14H2,1-2H3. The van der Waals surface area contributed by atoms with Crippen molar-refractivity contribution in [1.82, 2.24) is 0 Å². The average Bonchev–Trinajstić information content (AvgIpc) is 2.34. The summed E-state index contributed by atoms with van der Waals surface area (Å²) < 4.78 is 23.1. The molecule has 0 saturated heterocycles. The van der Waals surface area contributed by atoms with Gasteiger partial charge >= 0.3 is 0 Å². The fourth-order valence-electron chi connectivity index (χ4n) is 1.66. The summed E-state index contributed by atoms with van der Waals surface area (Å²) >= 11 is 0. The lowest BCUT2D eigenvalue weighted by Gasteiger charge is -2.14. The van der Waals surface area contributed by atoms with Crippen molar-refractivity contribution >= 4 is 0 Å². The third kappa shape index (κ3) is 2.85. The Kier molecular flexibility index (Phi) is 5.05. The van der Waals surface area contributed by atoms with Crippen LogP contribution in [-0.4, -0.2) is 20.8 Å². The molecule has 3 nitrogen and oxygen atoms in total. The minimum absolute atomic E-state index is 0.504. The molecule has 1 rings (SSSR count). The second kappa shape index (κ2) is 6.33. The van der Waals surface area contributed by atoms with Gasteiger partial charge in [-0.3, -0.25) is 0 Å². The van der Waals surface area contributed by atoms with Gasteiger partial charge in [-0.1, -0.05) is 0 Å². The Morgan fingerprint density at radius 2 is 2.00 bits per heavy atom. The maximum atomic E-state index is 12.7. The number of benzene rings is 1. The number of aryl methyl sites for hydroxylation is 1. The molecule has 0 amide bonds. The number of ether oxygens (including phenoxy) is 2. The quantitative estimate of drug-likeness (QED) is 0.809. The van der Waals surface area contributed by atoms with E-state index < -0.39 is 6.67 Å². The highest BCUT2D eigenvalue weighted by molar-refractivity contribution is 5.49. The molecule has 90 valence electrons. The number of rotatable bonds is 6. The maximum Gasteiger partial charge on any atom is 0.163 e. The molecule has 1 aromatic carbocycles. The average molecular weight is 227 g/mol. The zero-order chi connectivity index (χ0) is 12.0. The van der Waals surface area contributed by atoms with Crippen LogP contribution in [0.25, 0.3) is 0 Å². The van der Waals surface area contributed by atoms with Gasteiger partial charge in [0.05, 0.1) is 14.2 Å². The summed E-state index contributed by atoms with van der Waals surface area (Å²) in [7, 11) is 3.13. The predicted octanol–water partition coefficient (Wildman–Crippen LogP) is 2.06. The monoisotopic (exact) mass is 227 g/mol. The van der Waals surface area contributed by atoms with E-state index in [4.69, 9.17) is 15.2 Å². The summed E-state index contributed by atoms with van der Waals surface area (Å²) in [4.78, 5) is 0. The van der Waals surface area contributed by atoms with Gasteiger partial charge in [-0.05, 0) is 42.6 Å². The zero-order valence-electron chi connectivity index (χ0n) is 9.75. The van der Waals surface area contributed by atoms with E-state index in [1.807, 2.05) is 0 Å². The molecule has 0 aliphatic rings. The van der Waals surface area contributed by atoms with Crippen LogP contribution >= 0.6 is 0 Å². The number of hydrogen-bond donors (Lipinski definition) is 1. The van der Waals surface area contributed by atoms with Gasteiger partial charge in [0.2, 0.25) is 0 Å². The molecule has 1 aromatic rings. The second-order valence-corrected chi connectivity index (χ2v) is 3.52. The Morgan fingerprint density at radius 1 is 1.25 bits per heavy atom. The van der Waals surface area contributed by atoms with Gasteiger partial charge < -0.3 is 15.2 Å². The molecule has 4 heteroatoms. The number of nitrogens with two attached hydrogens (primary N) is 1. The predicted molar refractivity (Wildman–Crippen MR) is 61.7 cm³/mol. The van der Waals surface area contributed by atoms with E-state index in [0.29, 0.717) is 23.6 Å². The Labute approximate surface area is 95.4 Å². The molecule has 0 unspecified atom stereocenters. The van der Waals surface area contributed by atoms with Gasteiger partial charge in [-0.2, -0.15) is 0 Å². The minimum Gasteiger partial charge on any atom is -0.493 e. The molecule has 0 heterocycles. The zero-order valence-corrected chi connectivity index (χ0v) is 9.75. The first-order valence-electron chi connectivity index (χ1n) is 5.26. The number of alkyl halides is 1. The molecule has 0 radical (unpaired) electrons. The number of hydrogen-bond acceptors (Lipinski definition) is 3. The van der Waals surface area contributed by atoms with Crippen LogP contribution < -0.4 is 15.2 Å². The second-order valence-electron chi connectivity index (χ2n) is 3.52. The van der Waals surface area contributed by atoms with Gasteiger partial charge in [0.25, 0.3) is 0 Å². The lowest BCUT2D eigenvalue weighted by atomic mass is 10.0. The van der Waals surface area contributed by atoms with E-state index in [1.165, 1.54) is 0 Å². The highest BCUT2D eigenvalue weighted by Crippen LogP contribution is 2.33. The molecular weight excluding hydrogens is 209 g/mol. The summed E-state index contributed by atoms with van der Waals surface area (Å²) in [5, 5.41) is 0. The first-order chi connectivity index (χ1) is 7.76. The van der Waals surface area contributed by atoms with Crippen LogP contribution in [0.15, 0.2) is 12.1 Å². The summed E-state index contributed by atoms with van der Waals surface area (Å²) in [5.41, 5.74) is 7.01. The van der Waals surface area contributed by atoms with Crippen LogP contribution in [0.3, 0.4) is 0 Å². The van der Waals surface area contributed by atoms with Crippen molar-refractivity contribution in [3.05, 3.63) is 23.3 Å². The van der Waals surface area contributed by atoms with Gasteiger partial charge in [-0.25, -0.2) is 4.39 Å². The van der Waals surface area contributed by atoms with Crippen molar-refractivity contribution in [2.45, 2.75) is 19.5 Å². The van der Waals surface area contributed by atoms with Crippen LogP contribution in [0.2, 0.25) is 0 Å². The van der Waals surface area contributed by atoms with Gasteiger partial charge in [-0.15, -0.1) is 0 Å². The minimum atomic E-state index is -0.504. The molecule has 2 N–H and O–H groups in total. The van der Waals surface area contributed by atoms with E-state index in [-0.39, 0.29) is 0 Å². The number of methoxy groups -OCH3 is 2. The van der Waals surface area contributed by atoms with Crippen molar-refractivity contribution in [3.63, 3.8) is 0 Å². The van der Waals surface area contributed by atoms with E-state index in [2.05, 4.69) is 0 Å². The van der Waals surface area contributed by atoms with Crippen LogP contribution in [0.4, 0.5) is 4.39 Å². The van der Waals surface area contributed by atoms with Crippen LogP contribution in [0, 0.1) is 0 Å². The van der Waals surface area contributed by atoms with Crippen LogP contribution in [0.1, 0.15) is 17.5 Å². The summed E-state index contributed by atoms with van der Waals surface area (Å²) in [6.45, 7) is 0.0985. The van der Waals surface area contributed by atoms with Crippen LogP contribution in [-0.2, 0) is 13.1 Å². The third-order valence-electron chi connectivity index (χ3n) is 2.42. The molecule has 0 fully saturated rings. The van der Waals surface area contributed by atoms with E-state index in [1.54, 1.807) is 26.4 Å². The smallest absolute Gasteiger partial charge is 0.163 e. The van der Waals surface area contributed by atoms with Gasteiger partial charge in [0, 0.05) is 0 Å². The Balaban J connectivity index is 3.09. The highest BCUT2D eigenvalue weighted by atomic mass is 19.1. The molecule has 0 spiro atoms. The van der Waals surface area contributed by atoms with E-state index in [0.717, 1.165) is 18.4 Å². The maximum absolute atomic E-state index is 12.7. The molecule has 0 aliphatic carbocycles. The van der Waals surface area contributed by atoms with Crippen molar-refractivity contribution in [2.75, 3.05) is 20.8 Å². The van der Waals surface area contributed by atoms with Crippen molar-refractivity contribution < 1.29 is 13.9 Å². The van der Waals surface area contributed by atoms with Crippen LogP contribution in [0.5, 0.6) is 11.5 Å². The summed E-state index contributed by atoms with van der Waals surface area (Å²) in [6.07, 6.45) is 1.61. The van der Waals surface area contributed by atoms with Crippen molar-refractivity contribution in [2.24, 2.45) is 5.73 Å².